The monoisotopic (exact) mass is 246 g/mol. The van der Waals surface area contributed by atoms with E-state index in [1.807, 2.05) is 12.1 Å². The number of aryl methyl sites for hydroxylation is 1. The van der Waals surface area contributed by atoms with E-state index in [0.29, 0.717) is 0 Å². The molecule has 1 aromatic carbocycles. The number of hydrogen-bond acceptors (Lipinski definition) is 3. The number of rotatable bonds is 3. The third-order valence-corrected chi connectivity index (χ3v) is 3.66. The molecule has 0 aromatic heterocycles. The van der Waals surface area contributed by atoms with Crippen molar-refractivity contribution in [2.75, 3.05) is 37.6 Å². The van der Waals surface area contributed by atoms with Crippen molar-refractivity contribution in [2.45, 2.75) is 13.8 Å². The Morgan fingerprint density at radius 1 is 1.28 bits per heavy atom. The first kappa shape index (κ1) is 12.9. The molecule has 0 bridgehead atoms. The number of nitrogens with one attached hydrogen (secondary N) is 1. The fourth-order valence-electron chi connectivity index (χ4n) is 2.58. The summed E-state index contributed by atoms with van der Waals surface area (Å²) in [5.74, 6) is 0.159. The zero-order valence-electron chi connectivity index (χ0n) is 11.2. The molecule has 0 unspecified atom stereocenters. The summed E-state index contributed by atoms with van der Waals surface area (Å²) in [6, 6.07) is 6.00. The summed E-state index contributed by atoms with van der Waals surface area (Å²) >= 11 is 0. The first-order valence-corrected chi connectivity index (χ1v) is 6.54. The van der Waals surface area contributed by atoms with Crippen molar-refractivity contribution < 1.29 is 0 Å². The molecule has 3 N–H and O–H groups in total. The smallest absolute Gasteiger partial charge is 0.124 e. The van der Waals surface area contributed by atoms with E-state index in [2.05, 4.69) is 29.7 Å². The molecule has 1 aromatic rings. The van der Waals surface area contributed by atoms with Crippen molar-refractivity contribution in [2.24, 2.45) is 5.73 Å². The van der Waals surface area contributed by atoms with Crippen molar-refractivity contribution >= 4 is 11.5 Å². The largest absolute Gasteiger partial charge is 0.384 e. The average Bonchev–Trinajstić information content (AvgIpc) is 2.38. The van der Waals surface area contributed by atoms with Gasteiger partial charge in [0, 0.05) is 31.7 Å². The molecule has 0 saturated carbocycles. The Kier molecular flexibility index (Phi) is 3.87. The zero-order chi connectivity index (χ0) is 13.1. The van der Waals surface area contributed by atoms with Gasteiger partial charge in [0.15, 0.2) is 0 Å². The van der Waals surface area contributed by atoms with Gasteiger partial charge in [0.2, 0.25) is 0 Å². The summed E-state index contributed by atoms with van der Waals surface area (Å²) < 4.78 is 0. The maximum atomic E-state index is 7.71. The Bertz CT molecular complexity index is 433. The Morgan fingerprint density at radius 3 is 2.50 bits per heavy atom. The van der Waals surface area contributed by atoms with Gasteiger partial charge in [-0.05, 0) is 25.1 Å². The van der Waals surface area contributed by atoms with Crippen molar-refractivity contribution in [3.63, 3.8) is 0 Å². The SMILES string of the molecule is CCN1CCN(c2c(C)cccc2C(=N)N)CC1. The Hall–Kier alpha value is -1.55. The molecule has 98 valence electrons. The molecule has 4 heteroatoms. The molecule has 1 saturated heterocycles. The van der Waals surface area contributed by atoms with Crippen LogP contribution in [-0.4, -0.2) is 43.5 Å². The summed E-state index contributed by atoms with van der Waals surface area (Å²) in [4.78, 5) is 4.81. The maximum Gasteiger partial charge on any atom is 0.124 e. The zero-order valence-corrected chi connectivity index (χ0v) is 11.2. The second kappa shape index (κ2) is 5.40. The van der Waals surface area contributed by atoms with Crippen molar-refractivity contribution in [3.8, 4) is 0 Å². The van der Waals surface area contributed by atoms with Crippen LogP contribution in [0.3, 0.4) is 0 Å². The number of likely N-dealkylation sites (N-methyl/N-ethyl adjacent to an activating group) is 1. The summed E-state index contributed by atoms with van der Waals surface area (Å²) in [5.41, 5.74) is 8.89. The van der Waals surface area contributed by atoms with Crippen LogP contribution in [0.4, 0.5) is 5.69 Å². The molecule has 2 rings (SSSR count). The van der Waals surface area contributed by atoms with E-state index in [-0.39, 0.29) is 5.84 Å². The number of hydrogen-bond donors (Lipinski definition) is 2. The number of piperazine rings is 1. The fourth-order valence-corrected chi connectivity index (χ4v) is 2.58. The lowest BCUT2D eigenvalue weighted by Crippen LogP contribution is -2.47. The van der Waals surface area contributed by atoms with E-state index in [1.165, 1.54) is 5.56 Å². The number of para-hydroxylation sites is 1. The van der Waals surface area contributed by atoms with Gasteiger partial charge in [-0.1, -0.05) is 19.1 Å². The lowest BCUT2D eigenvalue weighted by Gasteiger charge is -2.37. The molecule has 1 aliphatic rings. The third-order valence-electron chi connectivity index (χ3n) is 3.66. The molecule has 0 radical (unpaired) electrons. The summed E-state index contributed by atoms with van der Waals surface area (Å²) in [7, 11) is 0. The molecule has 0 amide bonds. The van der Waals surface area contributed by atoms with Gasteiger partial charge in [0.25, 0.3) is 0 Å². The average molecular weight is 246 g/mol. The van der Waals surface area contributed by atoms with Crippen LogP contribution < -0.4 is 10.6 Å². The van der Waals surface area contributed by atoms with E-state index >= 15 is 0 Å². The van der Waals surface area contributed by atoms with Gasteiger partial charge in [-0.15, -0.1) is 0 Å². The van der Waals surface area contributed by atoms with Gasteiger partial charge in [-0.25, -0.2) is 0 Å². The first-order chi connectivity index (χ1) is 8.63. The van der Waals surface area contributed by atoms with E-state index < -0.39 is 0 Å². The number of amidine groups is 1. The van der Waals surface area contributed by atoms with Crippen LogP contribution in [-0.2, 0) is 0 Å². The molecule has 0 spiro atoms. The number of benzene rings is 1. The quantitative estimate of drug-likeness (QED) is 0.626. The predicted octanol–water partition coefficient (Wildman–Crippen LogP) is 1.42. The van der Waals surface area contributed by atoms with Crippen LogP contribution in [0.25, 0.3) is 0 Å². The van der Waals surface area contributed by atoms with E-state index in [1.54, 1.807) is 0 Å². The van der Waals surface area contributed by atoms with Crippen LogP contribution in [0, 0.1) is 12.3 Å². The first-order valence-electron chi connectivity index (χ1n) is 6.54. The van der Waals surface area contributed by atoms with Crippen molar-refractivity contribution in [3.05, 3.63) is 29.3 Å². The second-order valence-electron chi connectivity index (χ2n) is 4.81. The highest BCUT2D eigenvalue weighted by atomic mass is 15.3. The van der Waals surface area contributed by atoms with E-state index in [0.717, 1.165) is 44.0 Å². The molecular formula is C14H22N4. The molecular weight excluding hydrogens is 224 g/mol. The standard InChI is InChI=1S/C14H22N4/c1-3-17-7-9-18(10-8-17)13-11(2)5-4-6-12(13)14(15)16/h4-6H,3,7-10H2,1-2H3,(H3,15,16). The molecule has 1 heterocycles. The lowest BCUT2D eigenvalue weighted by atomic mass is 10.0. The van der Waals surface area contributed by atoms with Crippen LogP contribution in [0.1, 0.15) is 18.1 Å². The summed E-state index contributed by atoms with van der Waals surface area (Å²) in [6.45, 7) is 9.60. The summed E-state index contributed by atoms with van der Waals surface area (Å²) in [5, 5.41) is 7.71. The van der Waals surface area contributed by atoms with Gasteiger partial charge >= 0.3 is 0 Å². The molecule has 0 atom stereocenters. The molecule has 18 heavy (non-hydrogen) atoms. The van der Waals surface area contributed by atoms with Crippen LogP contribution in [0.5, 0.6) is 0 Å². The van der Waals surface area contributed by atoms with E-state index in [4.69, 9.17) is 11.1 Å². The normalized spacial score (nSPS) is 16.9. The fraction of sp³-hybridized carbons (Fsp3) is 0.500. The van der Waals surface area contributed by atoms with Gasteiger partial charge < -0.3 is 15.5 Å². The molecule has 0 aliphatic carbocycles. The minimum atomic E-state index is 0.159. The minimum Gasteiger partial charge on any atom is -0.384 e. The van der Waals surface area contributed by atoms with Crippen molar-refractivity contribution in [1.82, 2.24) is 4.90 Å². The molecule has 1 fully saturated rings. The van der Waals surface area contributed by atoms with Crippen LogP contribution in [0.2, 0.25) is 0 Å². The van der Waals surface area contributed by atoms with Crippen LogP contribution in [0.15, 0.2) is 18.2 Å². The highest BCUT2D eigenvalue weighted by Crippen LogP contribution is 2.25. The highest BCUT2D eigenvalue weighted by Gasteiger charge is 2.20. The second-order valence-corrected chi connectivity index (χ2v) is 4.81. The Labute approximate surface area is 109 Å². The third kappa shape index (κ3) is 2.48. The molecule has 4 nitrogen and oxygen atoms in total. The van der Waals surface area contributed by atoms with Crippen molar-refractivity contribution in [1.29, 1.82) is 5.41 Å². The Balaban J connectivity index is 2.26. The minimum absolute atomic E-state index is 0.159. The number of nitrogens with zero attached hydrogens (tertiary/aromatic N) is 2. The van der Waals surface area contributed by atoms with Crippen LogP contribution >= 0.6 is 0 Å². The van der Waals surface area contributed by atoms with E-state index in [9.17, 15) is 0 Å². The van der Waals surface area contributed by atoms with Gasteiger partial charge in [-0.3, -0.25) is 5.41 Å². The lowest BCUT2D eigenvalue weighted by molar-refractivity contribution is 0.271. The Morgan fingerprint density at radius 2 is 1.94 bits per heavy atom. The number of anilines is 1. The topological polar surface area (TPSA) is 56.4 Å². The number of nitrogen functional groups attached to an aromatic ring is 1. The molecule has 1 aliphatic heterocycles. The highest BCUT2D eigenvalue weighted by molar-refractivity contribution is 6.01. The predicted molar refractivity (Wildman–Crippen MR) is 76.5 cm³/mol. The van der Waals surface area contributed by atoms with Gasteiger partial charge in [0.1, 0.15) is 5.84 Å². The van der Waals surface area contributed by atoms with Gasteiger partial charge in [0.05, 0.1) is 5.69 Å². The maximum absolute atomic E-state index is 7.71. The number of nitrogens with two attached hydrogens (primary N) is 1. The van der Waals surface area contributed by atoms with Gasteiger partial charge in [-0.2, -0.15) is 0 Å². The summed E-state index contributed by atoms with van der Waals surface area (Å²) in [6.07, 6.45) is 0.